The highest BCUT2D eigenvalue weighted by Gasteiger charge is 2.12. The maximum Gasteiger partial charge on any atom is 0.0895 e. The van der Waals surface area contributed by atoms with Crippen molar-refractivity contribution in [2.45, 2.75) is 122 Å². The van der Waals surface area contributed by atoms with Crippen molar-refractivity contribution in [3.05, 3.63) is 12.2 Å². The smallest absolute Gasteiger partial charge is 0.0895 e. The number of ether oxygens (including phenoxy) is 1. The van der Waals surface area contributed by atoms with Crippen LogP contribution in [-0.4, -0.2) is 41.7 Å². The molecule has 0 rings (SSSR count). The van der Waals surface area contributed by atoms with Gasteiger partial charge in [-0.05, 0) is 12.8 Å². The number of hydrogen-bond acceptors (Lipinski definition) is 4. The molecular formula is C23H47NO3. The van der Waals surface area contributed by atoms with Gasteiger partial charge in [-0.3, -0.25) is 0 Å². The van der Waals surface area contributed by atoms with Gasteiger partial charge in [-0.25, -0.2) is 0 Å². The summed E-state index contributed by atoms with van der Waals surface area (Å²) in [6, 6.07) is -0.438. The van der Waals surface area contributed by atoms with Crippen molar-refractivity contribution < 1.29 is 14.9 Å². The molecule has 0 aromatic heterocycles. The number of aliphatic hydroxyl groups excluding tert-OH is 2. The summed E-state index contributed by atoms with van der Waals surface area (Å²) in [6.45, 7) is 5.45. The lowest BCUT2D eigenvalue weighted by Gasteiger charge is -2.16. The fourth-order valence-electron chi connectivity index (χ4n) is 3.09. The van der Waals surface area contributed by atoms with E-state index in [0.29, 0.717) is 13.2 Å². The Bertz CT molecular complexity index is 323. The number of hydrogen-bond donors (Lipinski definition) is 3. The van der Waals surface area contributed by atoms with Gasteiger partial charge in [0.05, 0.1) is 24.9 Å². The zero-order valence-electron chi connectivity index (χ0n) is 18.1. The highest BCUT2D eigenvalue weighted by molar-refractivity contribution is 4.97. The molecule has 0 aliphatic heterocycles. The fraction of sp³-hybridized carbons (Fsp3) is 0.913. The van der Waals surface area contributed by atoms with E-state index in [-0.39, 0.29) is 0 Å². The molecule has 3 unspecified atom stereocenters. The molecule has 4 nitrogen and oxygen atoms in total. The van der Waals surface area contributed by atoms with Crippen LogP contribution in [0.2, 0.25) is 0 Å². The Morgan fingerprint density at radius 2 is 1.26 bits per heavy atom. The standard InChI is InChI=1S/C23H47NO3/c1-3-5-7-8-9-10-11-12-13-14-16-21(25)17-18-23(26)22(24)20-27-19-15-6-4-2/h17-18,21-23,25-26H,3-16,19-20,24H2,1-2H3/b18-17+. The highest BCUT2D eigenvalue weighted by Crippen LogP contribution is 2.12. The molecule has 162 valence electrons. The molecule has 4 N–H and O–H groups in total. The topological polar surface area (TPSA) is 75.7 Å². The van der Waals surface area contributed by atoms with Crippen LogP contribution in [0.25, 0.3) is 0 Å². The first kappa shape index (κ1) is 26.6. The van der Waals surface area contributed by atoms with Crippen LogP contribution in [0, 0.1) is 0 Å². The van der Waals surface area contributed by atoms with Crippen LogP contribution < -0.4 is 5.73 Å². The third-order valence-corrected chi connectivity index (χ3v) is 5.03. The molecule has 0 heterocycles. The van der Waals surface area contributed by atoms with Crippen molar-refractivity contribution in [2.75, 3.05) is 13.2 Å². The fourth-order valence-corrected chi connectivity index (χ4v) is 3.09. The van der Waals surface area contributed by atoms with Gasteiger partial charge in [-0.2, -0.15) is 0 Å². The van der Waals surface area contributed by atoms with Crippen LogP contribution in [0.15, 0.2) is 12.2 Å². The molecule has 0 spiro atoms. The third kappa shape index (κ3) is 18.7. The summed E-state index contributed by atoms with van der Waals surface area (Å²) in [5.74, 6) is 0. The lowest BCUT2D eigenvalue weighted by Crippen LogP contribution is -2.37. The summed E-state index contributed by atoms with van der Waals surface area (Å²) in [5, 5.41) is 20.0. The number of unbranched alkanes of at least 4 members (excludes halogenated alkanes) is 11. The van der Waals surface area contributed by atoms with Crippen molar-refractivity contribution in [2.24, 2.45) is 5.73 Å². The van der Waals surface area contributed by atoms with Gasteiger partial charge in [-0.15, -0.1) is 0 Å². The second-order valence-electron chi connectivity index (χ2n) is 7.86. The molecule has 0 bridgehead atoms. The minimum atomic E-state index is -0.765. The zero-order chi connectivity index (χ0) is 20.2. The molecule has 0 aromatic carbocycles. The summed E-state index contributed by atoms with van der Waals surface area (Å²) < 4.78 is 5.48. The van der Waals surface area contributed by atoms with E-state index >= 15 is 0 Å². The Morgan fingerprint density at radius 3 is 1.85 bits per heavy atom. The Balaban J connectivity index is 3.57. The minimum absolute atomic E-state index is 0.351. The predicted octanol–water partition coefficient (Wildman–Crippen LogP) is 5.11. The number of rotatable bonds is 20. The van der Waals surface area contributed by atoms with E-state index in [9.17, 15) is 10.2 Å². The summed E-state index contributed by atoms with van der Waals surface area (Å²) in [5.41, 5.74) is 5.92. The van der Waals surface area contributed by atoms with Crippen LogP contribution in [0.1, 0.15) is 104 Å². The summed E-state index contributed by atoms with van der Waals surface area (Å²) >= 11 is 0. The summed E-state index contributed by atoms with van der Waals surface area (Å²) in [4.78, 5) is 0. The lowest BCUT2D eigenvalue weighted by atomic mass is 10.0. The van der Waals surface area contributed by atoms with E-state index in [0.717, 1.165) is 32.1 Å². The van der Waals surface area contributed by atoms with Crippen molar-refractivity contribution in [3.63, 3.8) is 0 Å². The van der Waals surface area contributed by atoms with Crippen molar-refractivity contribution in [1.82, 2.24) is 0 Å². The Hall–Kier alpha value is -0.420. The van der Waals surface area contributed by atoms with Crippen LogP contribution >= 0.6 is 0 Å². The van der Waals surface area contributed by atoms with Crippen LogP contribution in [0.5, 0.6) is 0 Å². The van der Waals surface area contributed by atoms with Crippen LogP contribution in [-0.2, 0) is 4.74 Å². The first-order valence-corrected chi connectivity index (χ1v) is 11.5. The second kappa shape index (κ2) is 20.3. The molecule has 3 atom stereocenters. The van der Waals surface area contributed by atoms with Gasteiger partial charge < -0.3 is 20.7 Å². The molecule has 0 aliphatic carbocycles. The van der Waals surface area contributed by atoms with Crippen molar-refractivity contribution in [3.8, 4) is 0 Å². The largest absolute Gasteiger partial charge is 0.389 e. The summed E-state index contributed by atoms with van der Waals surface area (Å²) in [6.07, 6.45) is 19.1. The van der Waals surface area contributed by atoms with Gasteiger partial charge >= 0.3 is 0 Å². The van der Waals surface area contributed by atoms with Gasteiger partial charge in [0.2, 0.25) is 0 Å². The molecule has 0 aromatic rings. The molecule has 0 saturated heterocycles. The maximum absolute atomic E-state index is 10.0. The molecule has 27 heavy (non-hydrogen) atoms. The average molecular weight is 386 g/mol. The predicted molar refractivity (Wildman–Crippen MR) is 116 cm³/mol. The lowest BCUT2D eigenvalue weighted by molar-refractivity contribution is 0.0780. The first-order valence-electron chi connectivity index (χ1n) is 11.5. The molecule has 0 saturated carbocycles. The quantitative estimate of drug-likeness (QED) is 0.201. The van der Waals surface area contributed by atoms with Gasteiger partial charge in [0, 0.05) is 6.61 Å². The van der Waals surface area contributed by atoms with Gasteiger partial charge in [0.1, 0.15) is 0 Å². The normalized spacial score (nSPS) is 15.3. The minimum Gasteiger partial charge on any atom is -0.389 e. The molecule has 0 fully saturated rings. The highest BCUT2D eigenvalue weighted by atomic mass is 16.5. The van der Waals surface area contributed by atoms with Gasteiger partial charge in [0.15, 0.2) is 0 Å². The van der Waals surface area contributed by atoms with E-state index in [1.165, 1.54) is 57.8 Å². The summed E-state index contributed by atoms with van der Waals surface area (Å²) in [7, 11) is 0. The Morgan fingerprint density at radius 1 is 0.741 bits per heavy atom. The van der Waals surface area contributed by atoms with E-state index < -0.39 is 18.2 Å². The first-order chi connectivity index (χ1) is 13.1. The molecule has 4 heteroatoms. The molecule has 0 amide bonds. The molecule has 0 radical (unpaired) electrons. The second-order valence-corrected chi connectivity index (χ2v) is 7.86. The molecule has 0 aliphatic rings. The van der Waals surface area contributed by atoms with Gasteiger partial charge in [0.25, 0.3) is 0 Å². The van der Waals surface area contributed by atoms with E-state index in [1.54, 1.807) is 12.2 Å². The zero-order valence-corrected chi connectivity index (χ0v) is 18.1. The average Bonchev–Trinajstić information content (AvgIpc) is 2.67. The SMILES string of the molecule is CCCCCCCCCCCCC(O)/C=C/C(O)C(N)COCCCCC. The van der Waals surface area contributed by atoms with Gasteiger partial charge in [-0.1, -0.05) is 103 Å². The Labute approximate surface area is 168 Å². The number of nitrogens with two attached hydrogens (primary N) is 1. The third-order valence-electron chi connectivity index (χ3n) is 5.03. The Kier molecular flexibility index (Phi) is 20.0. The van der Waals surface area contributed by atoms with E-state index in [2.05, 4.69) is 13.8 Å². The molecular weight excluding hydrogens is 338 g/mol. The van der Waals surface area contributed by atoms with Crippen molar-refractivity contribution in [1.29, 1.82) is 0 Å². The van der Waals surface area contributed by atoms with Crippen molar-refractivity contribution >= 4 is 0 Å². The number of aliphatic hydroxyl groups is 2. The monoisotopic (exact) mass is 385 g/mol. The maximum atomic E-state index is 10.0. The van der Waals surface area contributed by atoms with E-state index in [1.807, 2.05) is 0 Å². The van der Waals surface area contributed by atoms with Crippen LogP contribution in [0.3, 0.4) is 0 Å². The van der Waals surface area contributed by atoms with E-state index in [4.69, 9.17) is 10.5 Å². The van der Waals surface area contributed by atoms with Crippen LogP contribution in [0.4, 0.5) is 0 Å².